The normalized spacial score (nSPS) is 23.0. The Balaban J connectivity index is 1.97. The van der Waals surface area contributed by atoms with Gasteiger partial charge in [0.15, 0.2) is 5.78 Å². The highest BCUT2D eigenvalue weighted by atomic mass is 16.2. The minimum Gasteiger partial charge on any atom is -0.338 e. The van der Waals surface area contributed by atoms with Crippen molar-refractivity contribution in [2.45, 2.75) is 104 Å². The van der Waals surface area contributed by atoms with Gasteiger partial charge in [0.2, 0.25) is 5.91 Å². The van der Waals surface area contributed by atoms with Crippen LogP contribution in [0.15, 0.2) is 0 Å². The van der Waals surface area contributed by atoms with Gasteiger partial charge in [-0.15, -0.1) is 0 Å². The molecule has 0 bridgehead atoms. The third-order valence-electron chi connectivity index (χ3n) is 6.91. The summed E-state index contributed by atoms with van der Waals surface area (Å²) in [5, 5.41) is 3.00. The minimum absolute atomic E-state index is 0.0447. The third kappa shape index (κ3) is 6.45. The van der Waals surface area contributed by atoms with E-state index in [1.54, 1.807) is 9.80 Å². The number of Topliss-reactive ketones (excluding diaryl/α,β-unsaturated/α-hetero) is 1. The second kappa shape index (κ2) is 11.1. The van der Waals surface area contributed by atoms with E-state index >= 15 is 0 Å². The largest absolute Gasteiger partial charge is 0.338 e. The predicted molar refractivity (Wildman–Crippen MR) is 120 cm³/mol. The highest BCUT2D eigenvalue weighted by Gasteiger charge is 2.43. The van der Waals surface area contributed by atoms with Crippen LogP contribution in [0.3, 0.4) is 0 Å². The van der Waals surface area contributed by atoms with E-state index in [1.165, 1.54) is 0 Å². The highest BCUT2D eigenvalue weighted by molar-refractivity contribution is 5.95. The smallest absolute Gasteiger partial charge is 0.318 e. The Bertz CT molecular complexity index is 605. The molecule has 2 heterocycles. The van der Waals surface area contributed by atoms with Crippen LogP contribution in [0.2, 0.25) is 0 Å². The molecule has 1 N–H and O–H groups in total. The summed E-state index contributed by atoms with van der Waals surface area (Å²) in [4.78, 5) is 42.6. The SMILES string of the molecule is CCCC(C)(C)CC(=O)N1CCCC1C(=O)C1CCCN1C(=O)NCCC(C)CC. The van der Waals surface area contributed by atoms with Crippen LogP contribution in [0.4, 0.5) is 4.79 Å². The summed E-state index contributed by atoms with van der Waals surface area (Å²) in [5.74, 6) is 0.729. The molecule has 2 fully saturated rings. The molecular formula is C24H43N3O3. The average molecular weight is 422 g/mol. The van der Waals surface area contributed by atoms with E-state index in [2.05, 4.69) is 39.9 Å². The van der Waals surface area contributed by atoms with Crippen molar-refractivity contribution in [3.05, 3.63) is 0 Å². The Labute approximate surface area is 183 Å². The van der Waals surface area contributed by atoms with Crippen LogP contribution in [0.1, 0.15) is 92.4 Å². The fourth-order valence-electron chi connectivity index (χ4n) is 4.90. The van der Waals surface area contributed by atoms with E-state index in [0.29, 0.717) is 38.4 Å². The molecule has 0 radical (unpaired) electrons. The lowest BCUT2D eigenvalue weighted by atomic mass is 9.84. The van der Waals surface area contributed by atoms with Gasteiger partial charge in [0.25, 0.3) is 0 Å². The van der Waals surface area contributed by atoms with Crippen molar-refractivity contribution in [2.75, 3.05) is 19.6 Å². The number of rotatable bonds is 10. The first-order valence-corrected chi connectivity index (χ1v) is 12.1. The van der Waals surface area contributed by atoms with Crippen LogP contribution in [0, 0.1) is 11.3 Å². The lowest BCUT2D eigenvalue weighted by Crippen LogP contribution is -2.52. The second-order valence-electron chi connectivity index (χ2n) is 10.1. The summed E-state index contributed by atoms with van der Waals surface area (Å²) in [6, 6.07) is -0.891. The third-order valence-corrected chi connectivity index (χ3v) is 6.91. The van der Waals surface area contributed by atoms with Crippen molar-refractivity contribution in [1.29, 1.82) is 0 Å². The van der Waals surface area contributed by atoms with Gasteiger partial charge in [0.1, 0.15) is 0 Å². The number of ketones is 1. The number of likely N-dealkylation sites (tertiary alicyclic amines) is 2. The van der Waals surface area contributed by atoms with Gasteiger partial charge in [0, 0.05) is 26.1 Å². The van der Waals surface area contributed by atoms with Gasteiger partial charge < -0.3 is 15.1 Å². The lowest BCUT2D eigenvalue weighted by Gasteiger charge is -2.32. The Morgan fingerprint density at radius 2 is 1.63 bits per heavy atom. The Morgan fingerprint density at radius 1 is 1.03 bits per heavy atom. The van der Waals surface area contributed by atoms with E-state index < -0.39 is 6.04 Å². The van der Waals surface area contributed by atoms with Crippen molar-refractivity contribution in [2.24, 2.45) is 11.3 Å². The highest BCUT2D eigenvalue weighted by Crippen LogP contribution is 2.31. The van der Waals surface area contributed by atoms with Gasteiger partial charge in [-0.2, -0.15) is 0 Å². The van der Waals surface area contributed by atoms with E-state index in [0.717, 1.165) is 44.9 Å². The molecule has 6 heteroatoms. The molecule has 0 aliphatic carbocycles. The predicted octanol–water partition coefficient (Wildman–Crippen LogP) is 4.37. The van der Waals surface area contributed by atoms with Crippen LogP contribution in [0.25, 0.3) is 0 Å². The number of carbonyl (C=O) groups excluding carboxylic acids is 3. The van der Waals surface area contributed by atoms with Gasteiger partial charge >= 0.3 is 6.03 Å². The van der Waals surface area contributed by atoms with Gasteiger partial charge in [-0.25, -0.2) is 4.79 Å². The Hall–Kier alpha value is -1.59. The zero-order valence-electron chi connectivity index (χ0n) is 19.8. The molecule has 2 aliphatic rings. The fraction of sp³-hybridized carbons (Fsp3) is 0.875. The first kappa shape index (κ1) is 24.7. The first-order chi connectivity index (χ1) is 14.2. The maximum atomic E-state index is 13.4. The van der Waals surface area contributed by atoms with Gasteiger partial charge in [-0.05, 0) is 49.9 Å². The van der Waals surface area contributed by atoms with Gasteiger partial charge in [-0.1, -0.05) is 47.5 Å². The average Bonchev–Trinajstić information content (AvgIpc) is 3.36. The molecule has 0 spiro atoms. The van der Waals surface area contributed by atoms with E-state index in [4.69, 9.17) is 0 Å². The molecule has 0 aromatic carbocycles. The zero-order valence-corrected chi connectivity index (χ0v) is 19.8. The molecule has 172 valence electrons. The number of hydrogen-bond acceptors (Lipinski definition) is 3. The van der Waals surface area contributed by atoms with Crippen LogP contribution < -0.4 is 5.32 Å². The number of nitrogens with zero attached hydrogens (tertiary/aromatic N) is 2. The maximum absolute atomic E-state index is 13.4. The number of urea groups is 1. The topological polar surface area (TPSA) is 69.7 Å². The molecule has 0 aromatic heterocycles. The maximum Gasteiger partial charge on any atom is 0.318 e. The monoisotopic (exact) mass is 421 g/mol. The number of amides is 3. The van der Waals surface area contributed by atoms with Crippen molar-refractivity contribution in [3.8, 4) is 0 Å². The summed E-state index contributed by atoms with van der Waals surface area (Å²) < 4.78 is 0. The standard InChI is InChI=1S/C24H43N3O3/c1-6-13-24(4,5)17-21(28)26-15-8-10-19(26)22(29)20-11-9-16-27(20)23(30)25-14-12-18(3)7-2/h18-20H,6-17H2,1-5H3,(H,25,30). The number of hydrogen-bond donors (Lipinski definition) is 1. The van der Waals surface area contributed by atoms with E-state index in [9.17, 15) is 14.4 Å². The van der Waals surface area contributed by atoms with Crippen molar-refractivity contribution in [1.82, 2.24) is 15.1 Å². The van der Waals surface area contributed by atoms with Gasteiger partial charge in [-0.3, -0.25) is 9.59 Å². The summed E-state index contributed by atoms with van der Waals surface area (Å²) in [6.07, 6.45) is 7.72. The van der Waals surface area contributed by atoms with Crippen molar-refractivity contribution in [3.63, 3.8) is 0 Å². The zero-order chi connectivity index (χ0) is 22.3. The van der Waals surface area contributed by atoms with Crippen LogP contribution in [-0.4, -0.2) is 59.2 Å². The molecule has 0 aromatic rings. The summed E-state index contributed by atoms with van der Waals surface area (Å²) in [5.41, 5.74) is -0.0447. The van der Waals surface area contributed by atoms with E-state index in [-0.39, 0.29) is 29.2 Å². The molecule has 2 saturated heterocycles. The molecular weight excluding hydrogens is 378 g/mol. The minimum atomic E-state index is -0.393. The quantitative estimate of drug-likeness (QED) is 0.569. The van der Waals surface area contributed by atoms with Crippen molar-refractivity contribution >= 4 is 17.7 Å². The van der Waals surface area contributed by atoms with E-state index in [1.807, 2.05) is 0 Å². The molecule has 3 atom stereocenters. The Kier molecular flexibility index (Phi) is 9.17. The van der Waals surface area contributed by atoms with Crippen LogP contribution in [-0.2, 0) is 9.59 Å². The molecule has 3 unspecified atom stereocenters. The summed E-state index contributed by atoms with van der Waals surface area (Å²) in [6.45, 7) is 12.7. The lowest BCUT2D eigenvalue weighted by molar-refractivity contribution is -0.140. The Morgan fingerprint density at radius 3 is 2.23 bits per heavy atom. The van der Waals surface area contributed by atoms with Crippen molar-refractivity contribution < 1.29 is 14.4 Å². The molecule has 2 aliphatic heterocycles. The van der Waals surface area contributed by atoms with Gasteiger partial charge in [0.05, 0.1) is 12.1 Å². The summed E-state index contributed by atoms with van der Waals surface area (Å²) >= 11 is 0. The number of carbonyl (C=O) groups is 3. The molecule has 6 nitrogen and oxygen atoms in total. The molecule has 30 heavy (non-hydrogen) atoms. The fourth-order valence-corrected chi connectivity index (χ4v) is 4.90. The van der Waals surface area contributed by atoms with Crippen LogP contribution in [0.5, 0.6) is 0 Å². The molecule has 2 rings (SSSR count). The summed E-state index contributed by atoms with van der Waals surface area (Å²) in [7, 11) is 0. The molecule has 3 amide bonds. The molecule has 0 saturated carbocycles. The second-order valence-corrected chi connectivity index (χ2v) is 10.1. The van der Waals surface area contributed by atoms with Crippen LogP contribution >= 0.6 is 0 Å². The first-order valence-electron chi connectivity index (χ1n) is 12.1. The number of nitrogens with one attached hydrogen (secondary N) is 1.